The molecule has 0 saturated carbocycles. The average Bonchev–Trinajstić information content (AvgIpc) is 2.79. The number of anilines is 1. The lowest BCUT2D eigenvalue weighted by molar-refractivity contribution is -0.139. The molecule has 33 heavy (non-hydrogen) atoms. The second-order valence-corrected chi connectivity index (χ2v) is 7.14. The van der Waals surface area contributed by atoms with Crippen LogP contribution in [0.3, 0.4) is 0 Å². The summed E-state index contributed by atoms with van der Waals surface area (Å²) in [5.74, 6) is -1.47. The van der Waals surface area contributed by atoms with E-state index in [0.717, 1.165) is 0 Å². The highest BCUT2D eigenvalue weighted by Gasteiger charge is 2.12. The van der Waals surface area contributed by atoms with Gasteiger partial charge in [-0.1, -0.05) is 29.3 Å². The molecule has 0 atom stereocenters. The minimum atomic E-state index is -0.912. The highest BCUT2D eigenvalue weighted by molar-refractivity contribution is 6.36. The smallest absolute Gasteiger partial charge is 0.329 e. The molecule has 0 unspecified atom stereocenters. The van der Waals surface area contributed by atoms with E-state index in [-0.39, 0.29) is 13.2 Å². The molecule has 0 spiro atoms. The number of ether oxygens (including phenoxy) is 2. The Balaban J connectivity index is 1.98. The SMILES string of the molecule is C=CCNC(=O)C(=O)N/N=C\c1ccc(OCC(=O)Nc2ccc(Cl)cc2Cl)c(OCC)c1. The van der Waals surface area contributed by atoms with Crippen LogP contribution in [0.1, 0.15) is 12.5 Å². The molecule has 0 aromatic heterocycles. The molecule has 3 N–H and O–H groups in total. The van der Waals surface area contributed by atoms with E-state index in [9.17, 15) is 14.4 Å². The first-order valence-corrected chi connectivity index (χ1v) is 10.5. The van der Waals surface area contributed by atoms with E-state index in [1.807, 2.05) is 0 Å². The van der Waals surface area contributed by atoms with E-state index in [0.29, 0.717) is 39.4 Å². The van der Waals surface area contributed by atoms with E-state index in [1.54, 1.807) is 37.3 Å². The highest BCUT2D eigenvalue weighted by Crippen LogP contribution is 2.28. The molecule has 0 saturated heterocycles. The van der Waals surface area contributed by atoms with Gasteiger partial charge in [-0.2, -0.15) is 5.10 Å². The molecule has 0 bridgehead atoms. The van der Waals surface area contributed by atoms with Crippen LogP contribution in [0.4, 0.5) is 5.69 Å². The minimum Gasteiger partial charge on any atom is -0.490 e. The topological polar surface area (TPSA) is 118 Å². The van der Waals surface area contributed by atoms with E-state index < -0.39 is 17.7 Å². The lowest BCUT2D eigenvalue weighted by Crippen LogP contribution is -2.37. The molecule has 2 aromatic carbocycles. The maximum atomic E-state index is 12.2. The molecule has 0 fully saturated rings. The van der Waals surface area contributed by atoms with Crippen molar-refractivity contribution in [1.29, 1.82) is 0 Å². The number of rotatable bonds is 10. The average molecular weight is 493 g/mol. The van der Waals surface area contributed by atoms with Crippen LogP contribution in [-0.4, -0.2) is 43.7 Å². The molecule has 0 heterocycles. The van der Waals surface area contributed by atoms with Gasteiger partial charge in [0, 0.05) is 11.6 Å². The van der Waals surface area contributed by atoms with Crippen LogP contribution in [0.15, 0.2) is 54.2 Å². The summed E-state index contributed by atoms with van der Waals surface area (Å²) in [6.45, 7) is 5.46. The van der Waals surface area contributed by atoms with Crippen LogP contribution in [0.25, 0.3) is 0 Å². The number of hydrogen-bond donors (Lipinski definition) is 3. The molecule has 11 heteroatoms. The van der Waals surface area contributed by atoms with Gasteiger partial charge in [-0.15, -0.1) is 6.58 Å². The van der Waals surface area contributed by atoms with Gasteiger partial charge in [-0.25, -0.2) is 5.43 Å². The third-order valence-electron chi connectivity index (χ3n) is 3.82. The van der Waals surface area contributed by atoms with Crippen molar-refractivity contribution in [2.75, 3.05) is 25.1 Å². The number of nitrogens with one attached hydrogen (secondary N) is 3. The first-order valence-electron chi connectivity index (χ1n) is 9.70. The second kappa shape index (κ2) is 13.1. The summed E-state index contributed by atoms with van der Waals surface area (Å²) in [5, 5.41) is 9.47. The van der Waals surface area contributed by atoms with Gasteiger partial charge in [0.25, 0.3) is 5.91 Å². The fraction of sp³-hybridized carbons (Fsp3) is 0.182. The number of hydrogen-bond acceptors (Lipinski definition) is 6. The number of hydrazone groups is 1. The minimum absolute atomic E-state index is 0.167. The van der Waals surface area contributed by atoms with Gasteiger partial charge in [-0.3, -0.25) is 14.4 Å². The Bertz CT molecular complexity index is 1060. The first-order chi connectivity index (χ1) is 15.8. The van der Waals surface area contributed by atoms with Crippen LogP contribution in [0.2, 0.25) is 10.0 Å². The zero-order valence-electron chi connectivity index (χ0n) is 17.7. The second-order valence-electron chi connectivity index (χ2n) is 6.30. The molecule has 174 valence electrons. The van der Waals surface area contributed by atoms with Crippen molar-refractivity contribution in [2.24, 2.45) is 5.10 Å². The maximum Gasteiger partial charge on any atom is 0.329 e. The van der Waals surface area contributed by atoms with Crippen molar-refractivity contribution in [2.45, 2.75) is 6.92 Å². The van der Waals surface area contributed by atoms with Crippen molar-refractivity contribution in [1.82, 2.24) is 10.7 Å². The quantitative estimate of drug-likeness (QED) is 0.203. The molecule has 2 aromatic rings. The molecular formula is C22H22Cl2N4O5. The predicted octanol–water partition coefficient (Wildman–Crippen LogP) is 3.16. The Labute approximate surface area is 200 Å². The van der Waals surface area contributed by atoms with Crippen molar-refractivity contribution in [3.63, 3.8) is 0 Å². The van der Waals surface area contributed by atoms with Gasteiger partial charge >= 0.3 is 11.8 Å². The predicted molar refractivity (Wildman–Crippen MR) is 127 cm³/mol. The van der Waals surface area contributed by atoms with Gasteiger partial charge in [0.15, 0.2) is 18.1 Å². The summed E-state index contributed by atoms with van der Waals surface area (Å²) in [6.07, 6.45) is 2.78. The van der Waals surface area contributed by atoms with E-state index in [1.165, 1.54) is 18.4 Å². The van der Waals surface area contributed by atoms with E-state index in [4.69, 9.17) is 32.7 Å². The van der Waals surface area contributed by atoms with Gasteiger partial charge in [0.05, 0.1) is 23.5 Å². The molecule has 0 radical (unpaired) electrons. The van der Waals surface area contributed by atoms with Crippen molar-refractivity contribution >= 4 is 52.8 Å². The summed E-state index contributed by atoms with van der Waals surface area (Å²) in [5.41, 5.74) is 3.09. The van der Waals surface area contributed by atoms with Gasteiger partial charge in [-0.05, 0) is 48.9 Å². The zero-order chi connectivity index (χ0) is 24.2. The van der Waals surface area contributed by atoms with Crippen LogP contribution in [0, 0.1) is 0 Å². The van der Waals surface area contributed by atoms with Crippen LogP contribution >= 0.6 is 23.2 Å². The van der Waals surface area contributed by atoms with Crippen molar-refractivity contribution in [3.05, 3.63) is 64.7 Å². The number of amides is 3. The van der Waals surface area contributed by atoms with Crippen LogP contribution < -0.4 is 25.5 Å². The number of carbonyl (C=O) groups excluding carboxylic acids is 3. The molecule has 0 aliphatic heterocycles. The monoisotopic (exact) mass is 492 g/mol. The summed E-state index contributed by atoms with van der Waals surface area (Å²) in [4.78, 5) is 35.3. The lowest BCUT2D eigenvalue weighted by atomic mass is 10.2. The fourth-order valence-corrected chi connectivity index (χ4v) is 2.83. The number of benzene rings is 2. The van der Waals surface area contributed by atoms with Crippen molar-refractivity contribution < 1.29 is 23.9 Å². The molecular weight excluding hydrogens is 471 g/mol. The van der Waals surface area contributed by atoms with E-state index in [2.05, 4.69) is 27.7 Å². The Kier molecular flexibility index (Phi) is 10.2. The van der Waals surface area contributed by atoms with Gasteiger partial charge in [0.2, 0.25) is 0 Å². The molecule has 0 aliphatic carbocycles. The summed E-state index contributed by atoms with van der Waals surface area (Å²) >= 11 is 11.9. The van der Waals surface area contributed by atoms with Gasteiger partial charge in [0.1, 0.15) is 0 Å². The normalized spacial score (nSPS) is 10.4. The number of halogens is 2. The largest absolute Gasteiger partial charge is 0.490 e. The molecule has 3 amide bonds. The zero-order valence-corrected chi connectivity index (χ0v) is 19.2. The fourth-order valence-electron chi connectivity index (χ4n) is 2.37. The molecule has 0 aliphatic rings. The number of carbonyl (C=O) groups is 3. The Morgan fingerprint density at radius 2 is 1.85 bits per heavy atom. The summed E-state index contributed by atoms with van der Waals surface area (Å²) in [7, 11) is 0. The van der Waals surface area contributed by atoms with Crippen LogP contribution in [-0.2, 0) is 14.4 Å². The highest BCUT2D eigenvalue weighted by atomic mass is 35.5. The molecule has 2 rings (SSSR count). The lowest BCUT2D eigenvalue weighted by Gasteiger charge is -2.13. The Morgan fingerprint density at radius 3 is 2.55 bits per heavy atom. The maximum absolute atomic E-state index is 12.2. The Morgan fingerprint density at radius 1 is 1.06 bits per heavy atom. The van der Waals surface area contributed by atoms with Crippen molar-refractivity contribution in [3.8, 4) is 11.5 Å². The first kappa shape index (κ1) is 25.7. The third-order valence-corrected chi connectivity index (χ3v) is 4.37. The van der Waals surface area contributed by atoms with Gasteiger partial charge < -0.3 is 20.1 Å². The number of nitrogens with zero attached hydrogens (tertiary/aromatic N) is 1. The van der Waals surface area contributed by atoms with Crippen LogP contribution in [0.5, 0.6) is 11.5 Å². The standard InChI is InChI=1S/C22H22Cl2N4O5/c1-3-9-25-21(30)22(31)28-26-12-14-5-8-18(19(10-14)32-4-2)33-13-20(29)27-17-7-6-15(23)11-16(17)24/h3,5-8,10-12H,1,4,9,13H2,2H3,(H,25,30)(H,27,29)(H,28,31)/b26-12-. The van der Waals surface area contributed by atoms with E-state index >= 15 is 0 Å². The third kappa shape index (κ3) is 8.47. The Hall–Kier alpha value is -3.56. The molecule has 9 nitrogen and oxygen atoms in total. The summed E-state index contributed by atoms with van der Waals surface area (Å²) in [6, 6.07) is 9.55. The summed E-state index contributed by atoms with van der Waals surface area (Å²) < 4.78 is 11.1.